The van der Waals surface area contributed by atoms with Gasteiger partial charge in [0.25, 0.3) is 0 Å². The summed E-state index contributed by atoms with van der Waals surface area (Å²) in [7, 11) is 0. The van der Waals surface area contributed by atoms with E-state index < -0.39 is 6.10 Å². The topological polar surface area (TPSA) is 33.1 Å². The average molecular weight is 298 g/mol. The molecule has 0 aliphatic carbocycles. The van der Waals surface area contributed by atoms with Crippen LogP contribution < -0.4 is 0 Å². The maximum Gasteiger partial charge on any atom is 0.0846 e. The van der Waals surface area contributed by atoms with Gasteiger partial charge in [-0.1, -0.05) is 48.0 Å². The van der Waals surface area contributed by atoms with E-state index in [2.05, 4.69) is 4.98 Å². The lowest BCUT2D eigenvalue weighted by Crippen LogP contribution is -2.03. The molecule has 3 heteroatoms. The van der Waals surface area contributed by atoms with Crippen LogP contribution in [0.3, 0.4) is 0 Å². The van der Waals surface area contributed by atoms with Crippen molar-refractivity contribution in [3.8, 4) is 0 Å². The molecule has 3 aromatic rings. The molecular weight excluding hydrogens is 282 g/mol. The van der Waals surface area contributed by atoms with E-state index in [1.165, 1.54) is 0 Å². The van der Waals surface area contributed by atoms with E-state index in [0.717, 1.165) is 27.7 Å². The Morgan fingerprint density at radius 2 is 1.90 bits per heavy atom. The highest BCUT2D eigenvalue weighted by atomic mass is 35.5. The van der Waals surface area contributed by atoms with Gasteiger partial charge in [0.15, 0.2) is 0 Å². The third-order valence-corrected chi connectivity index (χ3v) is 4.05. The van der Waals surface area contributed by atoms with Crippen molar-refractivity contribution in [3.05, 3.63) is 76.4 Å². The van der Waals surface area contributed by atoms with Gasteiger partial charge in [0.05, 0.1) is 11.6 Å². The Morgan fingerprint density at radius 1 is 1.10 bits per heavy atom. The highest BCUT2D eigenvalue weighted by Gasteiger charge is 2.11. The first-order chi connectivity index (χ1) is 10.1. The second-order valence-corrected chi connectivity index (χ2v) is 5.63. The highest BCUT2D eigenvalue weighted by molar-refractivity contribution is 6.31. The first-order valence-electron chi connectivity index (χ1n) is 6.92. The summed E-state index contributed by atoms with van der Waals surface area (Å²) < 4.78 is 0. The van der Waals surface area contributed by atoms with Crippen molar-refractivity contribution < 1.29 is 5.11 Å². The molecule has 0 fully saturated rings. The van der Waals surface area contributed by atoms with Crippen LogP contribution in [-0.4, -0.2) is 10.1 Å². The molecule has 1 N–H and O–H groups in total. The molecule has 1 heterocycles. The number of aliphatic hydroxyl groups is 1. The number of pyridine rings is 1. The van der Waals surface area contributed by atoms with Crippen LogP contribution in [0, 0.1) is 6.92 Å². The molecule has 0 amide bonds. The zero-order valence-corrected chi connectivity index (χ0v) is 12.5. The maximum absolute atomic E-state index is 10.4. The SMILES string of the molecule is Cc1ccc(C(O)Cc2ccc3ccccc3n2)cc1Cl. The second kappa shape index (κ2) is 5.84. The monoisotopic (exact) mass is 297 g/mol. The predicted molar refractivity (Wildman–Crippen MR) is 86.6 cm³/mol. The van der Waals surface area contributed by atoms with Crippen LogP contribution in [0.5, 0.6) is 0 Å². The smallest absolute Gasteiger partial charge is 0.0846 e. The molecule has 3 rings (SSSR count). The fourth-order valence-electron chi connectivity index (χ4n) is 2.35. The number of para-hydroxylation sites is 1. The molecule has 0 bridgehead atoms. The van der Waals surface area contributed by atoms with Gasteiger partial charge in [-0.3, -0.25) is 4.98 Å². The Morgan fingerprint density at radius 3 is 2.71 bits per heavy atom. The van der Waals surface area contributed by atoms with E-state index in [0.29, 0.717) is 11.4 Å². The molecule has 0 aliphatic heterocycles. The van der Waals surface area contributed by atoms with E-state index in [4.69, 9.17) is 11.6 Å². The van der Waals surface area contributed by atoms with Crippen molar-refractivity contribution in [2.24, 2.45) is 0 Å². The second-order valence-electron chi connectivity index (χ2n) is 5.22. The third-order valence-electron chi connectivity index (χ3n) is 3.64. The lowest BCUT2D eigenvalue weighted by atomic mass is 10.0. The molecule has 106 valence electrons. The minimum atomic E-state index is -0.600. The number of hydrogen-bond acceptors (Lipinski definition) is 2. The maximum atomic E-state index is 10.4. The van der Waals surface area contributed by atoms with Crippen LogP contribution in [0.1, 0.15) is 22.9 Å². The van der Waals surface area contributed by atoms with Gasteiger partial charge in [-0.15, -0.1) is 0 Å². The zero-order valence-electron chi connectivity index (χ0n) is 11.8. The van der Waals surface area contributed by atoms with Gasteiger partial charge in [-0.05, 0) is 36.2 Å². The van der Waals surface area contributed by atoms with Crippen molar-refractivity contribution in [1.29, 1.82) is 0 Å². The van der Waals surface area contributed by atoms with Gasteiger partial charge < -0.3 is 5.11 Å². The number of fused-ring (bicyclic) bond motifs is 1. The van der Waals surface area contributed by atoms with Gasteiger partial charge in [0.1, 0.15) is 0 Å². The number of halogens is 1. The van der Waals surface area contributed by atoms with E-state index in [9.17, 15) is 5.11 Å². The average Bonchev–Trinajstić information content (AvgIpc) is 2.50. The number of hydrogen-bond donors (Lipinski definition) is 1. The van der Waals surface area contributed by atoms with Crippen molar-refractivity contribution >= 4 is 22.5 Å². The minimum absolute atomic E-state index is 0.476. The summed E-state index contributed by atoms with van der Waals surface area (Å²) in [6, 6.07) is 17.6. The molecule has 2 aromatic carbocycles. The van der Waals surface area contributed by atoms with Crippen LogP contribution in [0.2, 0.25) is 5.02 Å². The third kappa shape index (κ3) is 3.07. The van der Waals surface area contributed by atoms with Gasteiger partial charge in [0.2, 0.25) is 0 Å². The number of rotatable bonds is 3. The summed E-state index contributed by atoms with van der Waals surface area (Å²) in [6.45, 7) is 1.95. The Kier molecular flexibility index (Phi) is 3.91. The van der Waals surface area contributed by atoms with Crippen LogP contribution >= 0.6 is 11.6 Å². The predicted octanol–water partition coefficient (Wildman–Crippen LogP) is 4.47. The molecule has 2 nitrogen and oxygen atoms in total. The molecule has 0 aliphatic rings. The molecule has 0 spiro atoms. The minimum Gasteiger partial charge on any atom is -0.388 e. The van der Waals surface area contributed by atoms with Gasteiger partial charge in [-0.25, -0.2) is 0 Å². The van der Waals surface area contributed by atoms with Crippen LogP contribution in [0.25, 0.3) is 10.9 Å². The Labute approximate surface area is 129 Å². The molecule has 0 radical (unpaired) electrons. The first-order valence-corrected chi connectivity index (χ1v) is 7.30. The summed E-state index contributed by atoms with van der Waals surface area (Å²) in [5.41, 5.74) is 3.65. The Balaban J connectivity index is 1.85. The fraction of sp³-hybridized carbons (Fsp3) is 0.167. The largest absolute Gasteiger partial charge is 0.388 e. The lowest BCUT2D eigenvalue weighted by Gasteiger charge is -2.12. The van der Waals surface area contributed by atoms with E-state index in [1.807, 2.05) is 61.5 Å². The number of nitrogens with zero attached hydrogens (tertiary/aromatic N) is 1. The number of aromatic nitrogens is 1. The van der Waals surface area contributed by atoms with Crippen molar-refractivity contribution in [2.75, 3.05) is 0 Å². The molecule has 1 unspecified atom stereocenters. The standard InChI is InChI=1S/C18H16ClNO/c1-12-6-7-14(10-16(12)19)18(21)11-15-9-8-13-4-2-3-5-17(13)20-15/h2-10,18,21H,11H2,1H3. The first kappa shape index (κ1) is 14.1. The van der Waals surface area contributed by atoms with Crippen LogP contribution in [0.15, 0.2) is 54.6 Å². The number of aliphatic hydroxyl groups excluding tert-OH is 1. The summed E-state index contributed by atoms with van der Waals surface area (Å²) in [6.07, 6.45) is -0.124. The van der Waals surface area contributed by atoms with E-state index in [-0.39, 0.29) is 0 Å². The fourth-order valence-corrected chi connectivity index (χ4v) is 2.54. The molecule has 21 heavy (non-hydrogen) atoms. The summed E-state index contributed by atoms with van der Waals surface area (Å²) in [5.74, 6) is 0. The molecular formula is C18H16ClNO. The molecule has 1 aromatic heterocycles. The normalized spacial score (nSPS) is 12.5. The lowest BCUT2D eigenvalue weighted by molar-refractivity contribution is 0.177. The van der Waals surface area contributed by atoms with Gasteiger partial charge in [0, 0.05) is 22.5 Å². The quantitative estimate of drug-likeness (QED) is 0.773. The Hall–Kier alpha value is -1.90. The van der Waals surface area contributed by atoms with E-state index >= 15 is 0 Å². The van der Waals surface area contributed by atoms with Crippen LogP contribution in [0.4, 0.5) is 0 Å². The van der Waals surface area contributed by atoms with Gasteiger partial charge in [-0.2, -0.15) is 0 Å². The van der Waals surface area contributed by atoms with Crippen LogP contribution in [-0.2, 0) is 6.42 Å². The Bertz CT molecular complexity index is 785. The number of benzene rings is 2. The van der Waals surface area contributed by atoms with Crippen molar-refractivity contribution in [2.45, 2.75) is 19.4 Å². The van der Waals surface area contributed by atoms with E-state index in [1.54, 1.807) is 0 Å². The zero-order chi connectivity index (χ0) is 14.8. The molecule has 0 saturated carbocycles. The molecule has 1 atom stereocenters. The summed E-state index contributed by atoms with van der Waals surface area (Å²) in [4.78, 5) is 4.59. The highest BCUT2D eigenvalue weighted by Crippen LogP contribution is 2.24. The number of aryl methyl sites for hydroxylation is 1. The summed E-state index contributed by atoms with van der Waals surface area (Å²) >= 11 is 6.11. The van der Waals surface area contributed by atoms with Crippen molar-refractivity contribution in [1.82, 2.24) is 4.98 Å². The van der Waals surface area contributed by atoms with Crippen molar-refractivity contribution in [3.63, 3.8) is 0 Å². The molecule has 0 saturated heterocycles. The van der Waals surface area contributed by atoms with Gasteiger partial charge >= 0.3 is 0 Å². The summed E-state index contributed by atoms with van der Waals surface area (Å²) in [5, 5.41) is 12.1.